The first kappa shape index (κ1) is 18.4. The molecule has 6 heteroatoms. The SMILES string of the molecule is CCOc1ccccc1NC(=O)c1ccnc(NCc2ccccc2F)c1. The number of aromatic nitrogens is 1. The van der Waals surface area contributed by atoms with E-state index >= 15 is 0 Å². The minimum Gasteiger partial charge on any atom is -0.492 e. The molecule has 27 heavy (non-hydrogen) atoms. The summed E-state index contributed by atoms with van der Waals surface area (Å²) >= 11 is 0. The van der Waals surface area contributed by atoms with Crippen LogP contribution < -0.4 is 15.4 Å². The molecule has 1 heterocycles. The van der Waals surface area contributed by atoms with E-state index in [0.717, 1.165) is 0 Å². The van der Waals surface area contributed by atoms with Crippen LogP contribution in [0.2, 0.25) is 0 Å². The number of carbonyl (C=O) groups is 1. The van der Waals surface area contributed by atoms with Crippen molar-refractivity contribution in [1.82, 2.24) is 4.98 Å². The van der Waals surface area contributed by atoms with Gasteiger partial charge in [-0.1, -0.05) is 30.3 Å². The molecule has 3 rings (SSSR count). The second-order valence-electron chi connectivity index (χ2n) is 5.76. The maximum absolute atomic E-state index is 13.7. The molecule has 0 aliphatic heterocycles. The fourth-order valence-electron chi connectivity index (χ4n) is 2.54. The molecule has 3 aromatic rings. The predicted octanol–water partition coefficient (Wildman–Crippen LogP) is 4.48. The van der Waals surface area contributed by atoms with Crippen LogP contribution in [0.4, 0.5) is 15.9 Å². The standard InChI is InChI=1S/C21H20FN3O2/c1-2-27-19-10-6-5-9-18(19)25-21(26)15-11-12-23-20(13-15)24-14-16-7-3-4-8-17(16)22/h3-13H,2,14H2,1H3,(H,23,24)(H,25,26). The molecule has 2 N–H and O–H groups in total. The van der Waals surface area contributed by atoms with Crippen molar-refractivity contribution >= 4 is 17.4 Å². The van der Waals surface area contributed by atoms with Crippen LogP contribution in [-0.4, -0.2) is 17.5 Å². The first-order chi connectivity index (χ1) is 13.2. The van der Waals surface area contributed by atoms with Crippen molar-refractivity contribution in [2.24, 2.45) is 0 Å². The molecular weight excluding hydrogens is 345 g/mol. The molecule has 5 nitrogen and oxygen atoms in total. The van der Waals surface area contributed by atoms with Crippen molar-refractivity contribution in [3.8, 4) is 5.75 Å². The number of para-hydroxylation sites is 2. The quantitative estimate of drug-likeness (QED) is 0.648. The third-order valence-corrected chi connectivity index (χ3v) is 3.88. The van der Waals surface area contributed by atoms with Gasteiger partial charge in [-0.15, -0.1) is 0 Å². The molecule has 0 fully saturated rings. The summed E-state index contributed by atoms with van der Waals surface area (Å²) < 4.78 is 19.2. The van der Waals surface area contributed by atoms with E-state index in [1.807, 2.05) is 19.1 Å². The van der Waals surface area contributed by atoms with E-state index < -0.39 is 0 Å². The number of halogens is 1. The van der Waals surface area contributed by atoms with Crippen LogP contribution >= 0.6 is 0 Å². The monoisotopic (exact) mass is 365 g/mol. The Morgan fingerprint density at radius 2 is 1.89 bits per heavy atom. The van der Waals surface area contributed by atoms with Crippen LogP contribution in [0.3, 0.4) is 0 Å². The zero-order valence-electron chi connectivity index (χ0n) is 14.9. The highest BCUT2D eigenvalue weighted by Crippen LogP contribution is 2.24. The predicted molar refractivity (Wildman–Crippen MR) is 104 cm³/mol. The van der Waals surface area contributed by atoms with Gasteiger partial charge in [0.05, 0.1) is 12.3 Å². The summed E-state index contributed by atoms with van der Waals surface area (Å²) in [5.41, 5.74) is 1.56. The largest absolute Gasteiger partial charge is 0.492 e. The topological polar surface area (TPSA) is 63.2 Å². The molecule has 0 atom stereocenters. The van der Waals surface area contributed by atoms with Gasteiger partial charge < -0.3 is 15.4 Å². The van der Waals surface area contributed by atoms with E-state index in [1.165, 1.54) is 12.3 Å². The van der Waals surface area contributed by atoms with Gasteiger partial charge in [0.25, 0.3) is 5.91 Å². The molecule has 138 valence electrons. The first-order valence-corrected chi connectivity index (χ1v) is 8.64. The molecule has 2 aromatic carbocycles. The lowest BCUT2D eigenvalue weighted by atomic mass is 10.2. The molecule has 1 aromatic heterocycles. The van der Waals surface area contributed by atoms with Crippen LogP contribution in [0, 0.1) is 5.82 Å². The lowest BCUT2D eigenvalue weighted by Crippen LogP contribution is -2.14. The fourth-order valence-corrected chi connectivity index (χ4v) is 2.54. The molecule has 1 amide bonds. The summed E-state index contributed by atoms with van der Waals surface area (Å²) in [5.74, 6) is 0.536. The van der Waals surface area contributed by atoms with Crippen LogP contribution in [-0.2, 0) is 6.54 Å². The molecule has 0 unspecified atom stereocenters. The van der Waals surface area contributed by atoms with Crippen LogP contribution in [0.5, 0.6) is 5.75 Å². The Bertz CT molecular complexity index is 931. The molecule has 0 saturated heterocycles. The highest BCUT2D eigenvalue weighted by Gasteiger charge is 2.11. The Kier molecular flexibility index (Phi) is 5.99. The molecule has 0 spiro atoms. The lowest BCUT2D eigenvalue weighted by molar-refractivity contribution is 0.102. The van der Waals surface area contributed by atoms with Gasteiger partial charge in [0.2, 0.25) is 0 Å². The van der Waals surface area contributed by atoms with Gasteiger partial charge in [-0.2, -0.15) is 0 Å². The van der Waals surface area contributed by atoms with E-state index in [4.69, 9.17) is 4.74 Å². The molecule has 0 saturated carbocycles. The number of hydrogen-bond acceptors (Lipinski definition) is 4. The Morgan fingerprint density at radius 3 is 2.70 bits per heavy atom. The van der Waals surface area contributed by atoms with Gasteiger partial charge >= 0.3 is 0 Å². The summed E-state index contributed by atoms with van der Waals surface area (Å²) in [6.07, 6.45) is 1.53. The summed E-state index contributed by atoms with van der Waals surface area (Å²) in [4.78, 5) is 16.8. The number of amides is 1. The number of benzene rings is 2. The Hall–Kier alpha value is -3.41. The lowest BCUT2D eigenvalue weighted by Gasteiger charge is -2.12. The van der Waals surface area contributed by atoms with Crippen molar-refractivity contribution in [2.75, 3.05) is 17.2 Å². The highest BCUT2D eigenvalue weighted by atomic mass is 19.1. The van der Waals surface area contributed by atoms with E-state index in [0.29, 0.717) is 35.0 Å². The van der Waals surface area contributed by atoms with Crippen molar-refractivity contribution in [1.29, 1.82) is 0 Å². The maximum atomic E-state index is 13.7. The number of pyridine rings is 1. The Balaban J connectivity index is 1.70. The molecule has 0 aliphatic carbocycles. The van der Waals surface area contributed by atoms with Gasteiger partial charge in [-0.25, -0.2) is 9.37 Å². The highest BCUT2D eigenvalue weighted by molar-refractivity contribution is 6.05. The fraction of sp³-hybridized carbons (Fsp3) is 0.143. The minimum absolute atomic E-state index is 0.276. The van der Waals surface area contributed by atoms with Gasteiger partial charge in [0.15, 0.2) is 0 Å². The van der Waals surface area contributed by atoms with Crippen molar-refractivity contribution in [3.05, 3.63) is 83.8 Å². The number of hydrogen-bond donors (Lipinski definition) is 2. The van der Waals surface area contributed by atoms with E-state index in [2.05, 4.69) is 15.6 Å². The van der Waals surface area contributed by atoms with Gasteiger partial charge in [0, 0.05) is 23.9 Å². The number of rotatable bonds is 7. The van der Waals surface area contributed by atoms with Gasteiger partial charge in [-0.3, -0.25) is 4.79 Å². The molecule has 0 radical (unpaired) electrons. The van der Waals surface area contributed by atoms with E-state index in [1.54, 1.807) is 42.5 Å². The van der Waals surface area contributed by atoms with Crippen LogP contribution in [0.1, 0.15) is 22.8 Å². The number of carbonyl (C=O) groups excluding carboxylic acids is 1. The average Bonchev–Trinajstić information content (AvgIpc) is 2.69. The maximum Gasteiger partial charge on any atom is 0.255 e. The first-order valence-electron chi connectivity index (χ1n) is 8.64. The van der Waals surface area contributed by atoms with Crippen molar-refractivity contribution < 1.29 is 13.9 Å². The second-order valence-corrected chi connectivity index (χ2v) is 5.76. The van der Waals surface area contributed by atoms with Crippen LogP contribution in [0.15, 0.2) is 66.9 Å². The number of anilines is 2. The number of ether oxygens (including phenoxy) is 1. The smallest absolute Gasteiger partial charge is 0.255 e. The normalized spacial score (nSPS) is 10.3. The van der Waals surface area contributed by atoms with Crippen molar-refractivity contribution in [2.45, 2.75) is 13.5 Å². The summed E-state index contributed by atoms with van der Waals surface area (Å²) in [6.45, 7) is 2.67. The average molecular weight is 365 g/mol. The second kappa shape index (κ2) is 8.80. The van der Waals surface area contributed by atoms with Crippen molar-refractivity contribution in [3.63, 3.8) is 0 Å². The molecule has 0 aliphatic rings. The zero-order chi connectivity index (χ0) is 19.1. The number of nitrogens with zero attached hydrogens (tertiary/aromatic N) is 1. The van der Waals surface area contributed by atoms with Gasteiger partial charge in [0.1, 0.15) is 17.4 Å². The summed E-state index contributed by atoms with van der Waals surface area (Å²) in [6, 6.07) is 17.0. The van der Waals surface area contributed by atoms with E-state index in [-0.39, 0.29) is 18.3 Å². The van der Waals surface area contributed by atoms with Crippen LogP contribution in [0.25, 0.3) is 0 Å². The van der Waals surface area contributed by atoms with Gasteiger partial charge in [-0.05, 0) is 37.3 Å². The number of nitrogens with one attached hydrogen (secondary N) is 2. The molecule has 0 bridgehead atoms. The zero-order valence-corrected chi connectivity index (χ0v) is 14.9. The summed E-state index contributed by atoms with van der Waals surface area (Å²) in [5, 5.41) is 5.88. The van der Waals surface area contributed by atoms with E-state index in [9.17, 15) is 9.18 Å². The third kappa shape index (κ3) is 4.82. The minimum atomic E-state index is -0.286. The molecular formula is C21H20FN3O2. The third-order valence-electron chi connectivity index (χ3n) is 3.88. The Labute approximate surface area is 157 Å². The summed E-state index contributed by atoms with van der Waals surface area (Å²) in [7, 11) is 0. The Morgan fingerprint density at radius 1 is 1.11 bits per heavy atom.